The maximum absolute atomic E-state index is 10.7. The first-order chi connectivity index (χ1) is 7.17. The van der Waals surface area contributed by atoms with Crippen LogP contribution in [0.4, 0.5) is 0 Å². The molecule has 1 aromatic carbocycles. The Kier molecular flexibility index (Phi) is 4.69. The molecular formula is C12H16O2S. The number of rotatable bonds is 5. The Bertz CT molecular complexity index is 347. The first kappa shape index (κ1) is 12.1. The molecule has 0 aliphatic heterocycles. The molecule has 0 saturated carbocycles. The minimum Gasteiger partial charge on any atom is -0.481 e. The third-order valence-electron chi connectivity index (χ3n) is 2.18. The van der Waals surface area contributed by atoms with Crippen LogP contribution in [0.5, 0.6) is 0 Å². The van der Waals surface area contributed by atoms with Gasteiger partial charge in [-0.3, -0.25) is 4.79 Å². The number of carboxylic acids is 1. The van der Waals surface area contributed by atoms with Gasteiger partial charge in [-0.1, -0.05) is 26.0 Å². The van der Waals surface area contributed by atoms with Crippen molar-refractivity contribution in [2.24, 2.45) is 0 Å². The lowest BCUT2D eigenvalue weighted by Crippen LogP contribution is -2.02. The highest BCUT2D eigenvalue weighted by atomic mass is 32.2. The number of benzene rings is 1. The highest BCUT2D eigenvalue weighted by molar-refractivity contribution is 7.99. The van der Waals surface area contributed by atoms with Crippen LogP contribution >= 0.6 is 11.8 Å². The standard InChI is InChI=1S/C12H16O2S/c1-3-9-5-6-10(8-12(13)14)11(7-9)15-4-2/h5-7H,3-4,8H2,1-2H3,(H,13,14). The van der Waals surface area contributed by atoms with Gasteiger partial charge in [-0.15, -0.1) is 11.8 Å². The predicted molar refractivity (Wildman–Crippen MR) is 63.6 cm³/mol. The molecule has 0 aliphatic rings. The van der Waals surface area contributed by atoms with Gasteiger partial charge >= 0.3 is 5.97 Å². The van der Waals surface area contributed by atoms with Gasteiger partial charge in [-0.25, -0.2) is 0 Å². The molecule has 1 aromatic rings. The maximum Gasteiger partial charge on any atom is 0.307 e. The summed E-state index contributed by atoms with van der Waals surface area (Å²) in [7, 11) is 0. The fourth-order valence-corrected chi connectivity index (χ4v) is 2.29. The van der Waals surface area contributed by atoms with Gasteiger partial charge in [0.05, 0.1) is 6.42 Å². The van der Waals surface area contributed by atoms with Crippen molar-refractivity contribution in [2.75, 3.05) is 5.75 Å². The van der Waals surface area contributed by atoms with E-state index in [-0.39, 0.29) is 6.42 Å². The molecule has 1 rings (SSSR count). The van der Waals surface area contributed by atoms with Crippen LogP contribution in [0.2, 0.25) is 0 Å². The molecule has 15 heavy (non-hydrogen) atoms. The van der Waals surface area contributed by atoms with Crippen molar-refractivity contribution in [1.29, 1.82) is 0 Å². The third kappa shape index (κ3) is 3.59. The van der Waals surface area contributed by atoms with Crippen molar-refractivity contribution in [1.82, 2.24) is 0 Å². The molecule has 0 spiro atoms. The summed E-state index contributed by atoms with van der Waals surface area (Å²) < 4.78 is 0. The molecule has 0 saturated heterocycles. The van der Waals surface area contributed by atoms with Crippen molar-refractivity contribution < 1.29 is 9.90 Å². The zero-order valence-electron chi connectivity index (χ0n) is 9.12. The summed E-state index contributed by atoms with van der Waals surface area (Å²) in [5.41, 5.74) is 2.19. The highest BCUT2D eigenvalue weighted by Gasteiger charge is 2.07. The van der Waals surface area contributed by atoms with Crippen molar-refractivity contribution in [3.8, 4) is 0 Å². The van der Waals surface area contributed by atoms with Crippen LogP contribution in [0.3, 0.4) is 0 Å². The first-order valence-electron chi connectivity index (χ1n) is 5.13. The van der Waals surface area contributed by atoms with E-state index in [0.29, 0.717) is 0 Å². The third-order valence-corrected chi connectivity index (χ3v) is 3.16. The van der Waals surface area contributed by atoms with E-state index in [1.54, 1.807) is 11.8 Å². The fraction of sp³-hybridized carbons (Fsp3) is 0.417. The van der Waals surface area contributed by atoms with Gasteiger partial charge in [0.15, 0.2) is 0 Å². The zero-order chi connectivity index (χ0) is 11.3. The Balaban J connectivity index is 2.97. The van der Waals surface area contributed by atoms with Crippen molar-refractivity contribution >= 4 is 17.7 Å². The molecule has 0 radical (unpaired) electrons. The molecule has 2 nitrogen and oxygen atoms in total. The van der Waals surface area contributed by atoms with Crippen LogP contribution in [0.15, 0.2) is 23.1 Å². The lowest BCUT2D eigenvalue weighted by Gasteiger charge is -2.08. The van der Waals surface area contributed by atoms with Gasteiger partial charge < -0.3 is 5.11 Å². The predicted octanol–water partition coefficient (Wildman–Crippen LogP) is 2.99. The Labute approximate surface area is 94.7 Å². The molecule has 0 bridgehead atoms. The van der Waals surface area contributed by atoms with E-state index in [4.69, 9.17) is 5.11 Å². The average molecular weight is 224 g/mol. The maximum atomic E-state index is 10.7. The summed E-state index contributed by atoms with van der Waals surface area (Å²) in [6, 6.07) is 6.05. The van der Waals surface area contributed by atoms with Crippen LogP contribution in [0, 0.1) is 0 Å². The average Bonchev–Trinajstić information content (AvgIpc) is 2.20. The number of aliphatic carboxylic acids is 1. The zero-order valence-corrected chi connectivity index (χ0v) is 9.93. The van der Waals surface area contributed by atoms with Gasteiger partial charge in [0.2, 0.25) is 0 Å². The van der Waals surface area contributed by atoms with E-state index in [9.17, 15) is 4.79 Å². The molecule has 0 amide bonds. The summed E-state index contributed by atoms with van der Waals surface area (Å²) in [6.45, 7) is 4.18. The van der Waals surface area contributed by atoms with Gasteiger partial charge in [-0.05, 0) is 29.4 Å². The van der Waals surface area contributed by atoms with Crippen molar-refractivity contribution in [2.45, 2.75) is 31.6 Å². The first-order valence-corrected chi connectivity index (χ1v) is 6.12. The molecule has 0 unspecified atom stereocenters. The number of hydrogen-bond acceptors (Lipinski definition) is 2. The van der Waals surface area contributed by atoms with E-state index >= 15 is 0 Å². The van der Waals surface area contributed by atoms with E-state index in [2.05, 4.69) is 19.9 Å². The lowest BCUT2D eigenvalue weighted by molar-refractivity contribution is -0.136. The molecule has 0 aromatic heterocycles. The summed E-state index contributed by atoms with van der Waals surface area (Å²) >= 11 is 1.71. The van der Waals surface area contributed by atoms with E-state index < -0.39 is 5.97 Å². The van der Waals surface area contributed by atoms with Crippen LogP contribution in [-0.4, -0.2) is 16.8 Å². The lowest BCUT2D eigenvalue weighted by atomic mass is 10.1. The number of carboxylic acid groups (broad SMARTS) is 1. The molecule has 0 aliphatic carbocycles. The second kappa shape index (κ2) is 5.81. The fourth-order valence-electron chi connectivity index (χ4n) is 1.42. The molecule has 82 valence electrons. The van der Waals surface area contributed by atoms with Gasteiger partial charge in [0.1, 0.15) is 0 Å². The molecule has 0 heterocycles. The normalized spacial score (nSPS) is 10.3. The van der Waals surface area contributed by atoms with Gasteiger partial charge in [0, 0.05) is 4.90 Å². The van der Waals surface area contributed by atoms with Gasteiger partial charge in [0.25, 0.3) is 0 Å². The monoisotopic (exact) mass is 224 g/mol. The van der Waals surface area contributed by atoms with Crippen molar-refractivity contribution in [3.63, 3.8) is 0 Å². The minimum absolute atomic E-state index is 0.117. The number of carbonyl (C=O) groups is 1. The summed E-state index contributed by atoms with van der Waals surface area (Å²) in [4.78, 5) is 11.8. The largest absolute Gasteiger partial charge is 0.481 e. The van der Waals surface area contributed by atoms with E-state index in [0.717, 1.165) is 22.6 Å². The quantitative estimate of drug-likeness (QED) is 0.781. The molecule has 0 atom stereocenters. The number of aryl methyl sites for hydroxylation is 1. The molecule has 0 fully saturated rings. The molecular weight excluding hydrogens is 208 g/mol. The minimum atomic E-state index is -0.766. The second-order valence-corrected chi connectivity index (χ2v) is 4.61. The Morgan fingerprint density at radius 2 is 2.13 bits per heavy atom. The number of thioether (sulfide) groups is 1. The van der Waals surface area contributed by atoms with Crippen LogP contribution in [0.25, 0.3) is 0 Å². The second-order valence-electron chi connectivity index (χ2n) is 3.30. The Morgan fingerprint density at radius 1 is 1.40 bits per heavy atom. The van der Waals surface area contributed by atoms with E-state index in [1.807, 2.05) is 12.1 Å². The Hall–Kier alpha value is -0.960. The summed E-state index contributed by atoms with van der Waals surface area (Å²) in [5, 5.41) is 8.78. The Morgan fingerprint density at radius 3 is 2.67 bits per heavy atom. The van der Waals surface area contributed by atoms with Crippen molar-refractivity contribution in [3.05, 3.63) is 29.3 Å². The molecule has 3 heteroatoms. The summed E-state index contributed by atoms with van der Waals surface area (Å²) in [6.07, 6.45) is 1.11. The van der Waals surface area contributed by atoms with Crippen LogP contribution in [-0.2, 0) is 17.6 Å². The number of hydrogen-bond donors (Lipinski definition) is 1. The molecule has 1 N–H and O–H groups in total. The SMILES string of the molecule is CCSc1cc(CC)ccc1CC(=O)O. The van der Waals surface area contributed by atoms with E-state index in [1.165, 1.54) is 5.56 Å². The highest BCUT2D eigenvalue weighted by Crippen LogP contribution is 2.24. The summed E-state index contributed by atoms with van der Waals surface area (Å²) in [5.74, 6) is 0.206. The smallest absolute Gasteiger partial charge is 0.307 e. The van der Waals surface area contributed by atoms with Crippen LogP contribution in [0.1, 0.15) is 25.0 Å². The van der Waals surface area contributed by atoms with Gasteiger partial charge in [-0.2, -0.15) is 0 Å². The van der Waals surface area contributed by atoms with Crippen LogP contribution < -0.4 is 0 Å². The topological polar surface area (TPSA) is 37.3 Å².